The Labute approximate surface area is 154 Å². The summed E-state index contributed by atoms with van der Waals surface area (Å²) in [5, 5.41) is 0. The van der Waals surface area contributed by atoms with Crippen LogP contribution < -0.4 is 4.90 Å². The number of anilines is 1. The Morgan fingerprint density at radius 3 is 2.46 bits per heavy atom. The number of hydrogen-bond acceptors (Lipinski definition) is 5. The molecule has 0 bridgehead atoms. The Hall–Kier alpha value is -1.99. The van der Waals surface area contributed by atoms with Crippen molar-refractivity contribution >= 4 is 16.0 Å². The number of hydrogen-bond donors (Lipinski definition) is 0. The summed E-state index contributed by atoms with van der Waals surface area (Å²) in [7, 11) is -3.43. The first-order chi connectivity index (χ1) is 12.5. The van der Waals surface area contributed by atoms with Gasteiger partial charge in [-0.1, -0.05) is 17.7 Å². The lowest BCUT2D eigenvalue weighted by molar-refractivity contribution is 0.246. The first kappa shape index (κ1) is 17.4. The molecule has 3 heterocycles. The Kier molecular flexibility index (Phi) is 4.44. The van der Waals surface area contributed by atoms with Crippen LogP contribution >= 0.6 is 0 Å². The number of benzene rings is 1. The monoisotopic (exact) mass is 372 g/mol. The summed E-state index contributed by atoms with van der Waals surface area (Å²) in [5.74, 6) is 0.742. The van der Waals surface area contributed by atoms with E-state index in [2.05, 4.69) is 14.9 Å². The van der Waals surface area contributed by atoms with E-state index in [1.807, 2.05) is 25.1 Å². The molecule has 1 atom stereocenters. The zero-order valence-electron chi connectivity index (χ0n) is 15.0. The summed E-state index contributed by atoms with van der Waals surface area (Å²) < 4.78 is 27.7. The number of piperidine rings is 1. The molecule has 1 spiro atoms. The zero-order chi connectivity index (χ0) is 18.2. The average molecular weight is 372 g/mol. The molecule has 0 amide bonds. The molecule has 2 aliphatic rings. The van der Waals surface area contributed by atoms with Crippen LogP contribution in [0.2, 0.25) is 0 Å². The van der Waals surface area contributed by atoms with Gasteiger partial charge >= 0.3 is 0 Å². The van der Waals surface area contributed by atoms with Crippen LogP contribution in [0.15, 0.2) is 47.6 Å². The molecule has 26 heavy (non-hydrogen) atoms. The molecule has 1 aromatic heterocycles. The largest absolute Gasteiger partial charge is 0.340 e. The van der Waals surface area contributed by atoms with E-state index in [4.69, 9.17) is 0 Å². The highest BCUT2D eigenvalue weighted by Gasteiger charge is 2.45. The highest BCUT2D eigenvalue weighted by molar-refractivity contribution is 7.89. The molecule has 4 rings (SSSR count). The van der Waals surface area contributed by atoms with Gasteiger partial charge in [-0.15, -0.1) is 0 Å². The van der Waals surface area contributed by atoms with Crippen LogP contribution in [0.1, 0.15) is 24.8 Å². The number of aryl methyl sites for hydroxylation is 1. The highest BCUT2D eigenvalue weighted by atomic mass is 32.2. The lowest BCUT2D eigenvalue weighted by atomic mass is 9.79. The third kappa shape index (κ3) is 3.21. The molecule has 0 aliphatic carbocycles. The van der Waals surface area contributed by atoms with Crippen LogP contribution in [-0.2, 0) is 10.0 Å². The smallest absolute Gasteiger partial charge is 0.243 e. The van der Waals surface area contributed by atoms with Crippen molar-refractivity contribution in [1.82, 2.24) is 14.3 Å². The highest BCUT2D eigenvalue weighted by Crippen LogP contribution is 2.41. The van der Waals surface area contributed by atoms with Gasteiger partial charge in [-0.2, -0.15) is 4.31 Å². The molecule has 2 aromatic rings. The van der Waals surface area contributed by atoms with Crippen LogP contribution in [0.4, 0.5) is 5.95 Å². The maximum Gasteiger partial charge on any atom is 0.243 e. The fourth-order valence-electron chi connectivity index (χ4n) is 4.12. The van der Waals surface area contributed by atoms with Crippen LogP contribution in [-0.4, -0.2) is 48.9 Å². The standard InChI is InChI=1S/C19H24N4O2S/c1-16-4-6-17(7-5-16)26(24,25)23-13-9-19(15-23)8-2-12-22(14-19)18-20-10-3-11-21-18/h3-7,10-11H,2,8-9,12-15H2,1H3. The quantitative estimate of drug-likeness (QED) is 0.828. The average Bonchev–Trinajstić information content (AvgIpc) is 3.07. The number of nitrogens with zero attached hydrogens (tertiary/aromatic N) is 4. The molecule has 0 N–H and O–H groups in total. The molecule has 6 nitrogen and oxygen atoms in total. The Morgan fingerprint density at radius 2 is 1.73 bits per heavy atom. The minimum atomic E-state index is -3.43. The van der Waals surface area contributed by atoms with Gasteiger partial charge in [0.15, 0.2) is 0 Å². The second-order valence-electron chi connectivity index (χ2n) is 7.48. The predicted octanol–water partition coefficient (Wildman–Crippen LogP) is 2.47. The molecule has 0 saturated carbocycles. The van der Waals surface area contributed by atoms with E-state index in [0.29, 0.717) is 18.0 Å². The molecule has 1 unspecified atom stereocenters. The fraction of sp³-hybridized carbons (Fsp3) is 0.474. The van der Waals surface area contributed by atoms with Crippen LogP contribution in [0.3, 0.4) is 0 Å². The van der Waals surface area contributed by atoms with Gasteiger partial charge in [-0.3, -0.25) is 0 Å². The second-order valence-corrected chi connectivity index (χ2v) is 9.41. The van der Waals surface area contributed by atoms with E-state index < -0.39 is 10.0 Å². The Bertz CT molecular complexity index is 870. The number of rotatable bonds is 3. The molecular formula is C19H24N4O2S. The van der Waals surface area contributed by atoms with Gasteiger partial charge in [0.25, 0.3) is 0 Å². The molecule has 138 valence electrons. The van der Waals surface area contributed by atoms with Crippen molar-refractivity contribution in [1.29, 1.82) is 0 Å². The third-order valence-corrected chi connectivity index (χ3v) is 7.42. The maximum absolute atomic E-state index is 13.0. The minimum Gasteiger partial charge on any atom is -0.340 e. The minimum absolute atomic E-state index is 0.00474. The van der Waals surface area contributed by atoms with Crippen molar-refractivity contribution in [2.75, 3.05) is 31.1 Å². The first-order valence-corrected chi connectivity index (χ1v) is 10.5. The van der Waals surface area contributed by atoms with Crippen molar-refractivity contribution in [3.05, 3.63) is 48.3 Å². The van der Waals surface area contributed by atoms with Crippen LogP contribution in [0, 0.1) is 12.3 Å². The summed E-state index contributed by atoms with van der Waals surface area (Å²) in [6.07, 6.45) is 6.49. The van der Waals surface area contributed by atoms with E-state index in [1.54, 1.807) is 28.8 Å². The second kappa shape index (κ2) is 6.63. The molecule has 7 heteroatoms. The van der Waals surface area contributed by atoms with Gasteiger partial charge in [0, 0.05) is 44.0 Å². The van der Waals surface area contributed by atoms with E-state index in [0.717, 1.165) is 43.9 Å². The summed E-state index contributed by atoms with van der Waals surface area (Å²) >= 11 is 0. The Morgan fingerprint density at radius 1 is 1.00 bits per heavy atom. The summed E-state index contributed by atoms with van der Waals surface area (Å²) in [5.41, 5.74) is 1.06. The van der Waals surface area contributed by atoms with Gasteiger partial charge in [0.05, 0.1) is 4.90 Å². The molecule has 2 aliphatic heterocycles. The summed E-state index contributed by atoms with van der Waals surface area (Å²) in [6, 6.07) is 8.94. The fourth-order valence-corrected chi connectivity index (χ4v) is 5.68. The lowest BCUT2D eigenvalue weighted by Crippen LogP contribution is -2.46. The van der Waals surface area contributed by atoms with Crippen LogP contribution in [0.25, 0.3) is 0 Å². The molecular weight excluding hydrogens is 348 g/mol. The topological polar surface area (TPSA) is 66.4 Å². The van der Waals surface area contributed by atoms with Crippen molar-refractivity contribution in [3.63, 3.8) is 0 Å². The van der Waals surface area contributed by atoms with E-state index in [-0.39, 0.29) is 5.41 Å². The van der Waals surface area contributed by atoms with E-state index >= 15 is 0 Å². The van der Waals surface area contributed by atoms with Gasteiger partial charge in [-0.05, 0) is 44.4 Å². The van der Waals surface area contributed by atoms with Crippen molar-refractivity contribution in [2.45, 2.75) is 31.1 Å². The predicted molar refractivity (Wildman–Crippen MR) is 100 cm³/mol. The number of sulfonamides is 1. The van der Waals surface area contributed by atoms with E-state index in [9.17, 15) is 8.42 Å². The molecule has 1 aromatic carbocycles. The van der Waals surface area contributed by atoms with Crippen molar-refractivity contribution in [2.24, 2.45) is 5.41 Å². The van der Waals surface area contributed by atoms with Crippen molar-refractivity contribution in [3.8, 4) is 0 Å². The molecule has 0 radical (unpaired) electrons. The maximum atomic E-state index is 13.0. The zero-order valence-corrected chi connectivity index (χ0v) is 15.8. The SMILES string of the molecule is Cc1ccc(S(=O)(=O)N2CCC3(CCCN(c4ncccn4)C3)C2)cc1. The summed E-state index contributed by atoms with van der Waals surface area (Å²) in [4.78, 5) is 11.3. The summed E-state index contributed by atoms with van der Waals surface area (Å²) in [6.45, 7) is 4.86. The third-order valence-electron chi connectivity index (χ3n) is 5.56. The molecule has 2 saturated heterocycles. The van der Waals surface area contributed by atoms with Gasteiger partial charge in [0.2, 0.25) is 16.0 Å². The van der Waals surface area contributed by atoms with Crippen LogP contribution in [0.5, 0.6) is 0 Å². The molecule has 2 fully saturated rings. The Balaban J connectivity index is 1.53. The normalized spacial score (nSPS) is 24.3. The number of aromatic nitrogens is 2. The lowest BCUT2D eigenvalue weighted by Gasteiger charge is -2.40. The van der Waals surface area contributed by atoms with Gasteiger partial charge in [-0.25, -0.2) is 18.4 Å². The van der Waals surface area contributed by atoms with Gasteiger partial charge < -0.3 is 4.90 Å². The van der Waals surface area contributed by atoms with E-state index in [1.165, 1.54) is 0 Å². The van der Waals surface area contributed by atoms with Gasteiger partial charge in [0.1, 0.15) is 0 Å². The first-order valence-electron chi connectivity index (χ1n) is 9.07. The van der Waals surface area contributed by atoms with Crippen molar-refractivity contribution < 1.29 is 8.42 Å².